The molecule has 1 N–H and O–H groups in total. The summed E-state index contributed by atoms with van der Waals surface area (Å²) in [6, 6.07) is 7.09. The molecule has 102 valence electrons. The first-order chi connectivity index (χ1) is 8.38. The Morgan fingerprint density at radius 2 is 1.61 bits per heavy atom. The molecule has 0 heterocycles. The largest absolute Gasteiger partial charge is 0.382 e. The van der Waals surface area contributed by atoms with Crippen molar-refractivity contribution in [2.75, 3.05) is 5.32 Å². The Labute approximate surface area is 120 Å². The summed E-state index contributed by atoms with van der Waals surface area (Å²) in [4.78, 5) is 0. The van der Waals surface area contributed by atoms with Gasteiger partial charge in [0.05, 0.1) is 0 Å². The van der Waals surface area contributed by atoms with Gasteiger partial charge in [0, 0.05) is 16.2 Å². The molecule has 1 aromatic carbocycles. The van der Waals surface area contributed by atoms with Gasteiger partial charge in [-0.3, -0.25) is 0 Å². The Bertz CT molecular complexity index is 361. The standard InChI is InChI=1S/C16H26BrN/c1-11(2)8-15(9-12(3)4)18-14-7-6-13(5)16(17)10-14/h6-7,10-12,15,18H,8-9H2,1-5H3. The number of aryl methyl sites for hydroxylation is 1. The van der Waals surface area contributed by atoms with E-state index < -0.39 is 0 Å². The van der Waals surface area contributed by atoms with E-state index in [1.54, 1.807) is 0 Å². The van der Waals surface area contributed by atoms with Gasteiger partial charge in [0.15, 0.2) is 0 Å². The minimum Gasteiger partial charge on any atom is -0.382 e. The first-order valence-electron chi connectivity index (χ1n) is 6.91. The molecule has 0 bridgehead atoms. The summed E-state index contributed by atoms with van der Waals surface area (Å²) < 4.78 is 1.18. The molecule has 0 amide bonds. The van der Waals surface area contributed by atoms with Crippen LogP contribution in [0.15, 0.2) is 22.7 Å². The van der Waals surface area contributed by atoms with E-state index in [-0.39, 0.29) is 0 Å². The number of benzene rings is 1. The van der Waals surface area contributed by atoms with Crippen molar-refractivity contribution >= 4 is 21.6 Å². The van der Waals surface area contributed by atoms with E-state index >= 15 is 0 Å². The maximum Gasteiger partial charge on any atom is 0.0353 e. The van der Waals surface area contributed by atoms with Gasteiger partial charge in [-0.2, -0.15) is 0 Å². The van der Waals surface area contributed by atoms with E-state index in [1.807, 2.05) is 0 Å². The molecule has 0 aliphatic heterocycles. The van der Waals surface area contributed by atoms with Gasteiger partial charge >= 0.3 is 0 Å². The molecule has 0 saturated carbocycles. The van der Waals surface area contributed by atoms with E-state index in [9.17, 15) is 0 Å². The van der Waals surface area contributed by atoms with Crippen LogP contribution in [0.1, 0.15) is 46.1 Å². The minimum atomic E-state index is 0.569. The molecule has 0 aromatic heterocycles. The van der Waals surface area contributed by atoms with Crippen LogP contribution in [0.5, 0.6) is 0 Å². The average molecular weight is 312 g/mol. The van der Waals surface area contributed by atoms with Crippen molar-refractivity contribution in [2.24, 2.45) is 11.8 Å². The highest BCUT2D eigenvalue weighted by Gasteiger charge is 2.13. The lowest BCUT2D eigenvalue weighted by Crippen LogP contribution is -2.23. The number of halogens is 1. The van der Waals surface area contributed by atoms with Gasteiger partial charge in [-0.05, 0) is 49.3 Å². The Balaban J connectivity index is 2.71. The Hall–Kier alpha value is -0.500. The lowest BCUT2D eigenvalue weighted by atomic mass is 9.95. The summed E-state index contributed by atoms with van der Waals surface area (Å²) >= 11 is 3.60. The average Bonchev–Trinajstić information content (AvgIpc) is 2.21. The predicted molar refractivity (Wildman–Crippen MR) is 85.2 cm³/mol. The molecule has 0 unspecified atom stereocenters. The fourth-order valence-corrected chi connectivity index (χ4v) is 2.65. The molecule has 0 atom stereocenters. The van der Waals surface area contributed by atoms with Crippen molar-refractivity contribution < 1.29 is 0 Å². The third-order valence-corrected chi connectivity index (χ3v) is 3.91. The van der Waals surface area contributed by atoms with E-state index in [0.29, 0.717) is 6.04 Å². The Morgan fingerprint density at radius 1 is 1.06 bits per heavy atom. The Morgan fingerprint density at radius 3 is 2.06 bits per heavy atom. The fourth-order valence-electron chi connectivity index (χ4n) is 2.27. The van der Waals surface area contributed by atoms with E-state index in [1.165, 1.54) is 28.6 Å². The quantitative estimate of drug-likeness (QED) is 0.718. The van der Waals surface area contributed by atoms with Gasteiger partial charge in [-0.15, -0.1) is 0 Å². The van der Waals surface area contributed by atoms with Crippen LogP contribution in [-0.2, 0) is 0 Å². The first-order valence-corrected chi connectivity index (χ1v) is 7.70. The van der Waals surface area contributed by atoms with Crippen LogP contribution < -0.4 is 5.32 Å². The van der Waals surface area contributed by atoms with Crippen molar-refractivity contribution in [2.45, 2.75) is 53.5 Å². The van der Waals surface area contributed by atoms with Crippen molar-refractivity contribution in [3.63, 3.8) is 0 Å². The second kappa shape index (κ2) is 7.18. The maximum atomic E-state index is 3.68. The van der Waals surface area contributed by atoms with Crippen LogP contribution >= 0.6 is 15.9 Å². The zero-order chi connectivity index (χ0) is 13.7. The number of anilines is 1. The van der Waals surface area contributed by atoms with Gasteiger partial charge in [-0.25, -0.2) is 0 Å². The van der Waals surface area contributed by atoms with Gasteiger partial charge in [-0.1, -0.05) is 49.7 Å². The summed E-state index contributed by atoms with van der Waals surface area (Å²) in [6.45, 7) is 11.3. The van der Waals surface area contributed by atoms with Crippen LogP contribution in [0.4, 0.5) is 5.69 Å². The van der Waals surface area contributed by atoms with Crippen LogP contribution in [0.25, 0.3) is 0 Å². The summed E-state index contributed by atoms with van der Waals surface area (Å²) in [5, 5.41) is 3.68. The van der Waals surface area contributed by atoms with Gasteiger partial charge in [0.1, 0.15) is 0 Å². The SMILES string of the molecule is Cc1ccc(NC(CC(C)C)CC(C)C)cc1Br. The smallest absolute Gasteiger partial charge is 0.0353 e. The number of hydrogen-bond acceptors (Lipinski definition) is 1. The van der Waals surface area contributed by atoms with Crippen molar-refractivity contribution in [3.8, 4) is 0 Å². The first kappa shape index (κ1) is 15.6. The number of nitrogens with one attached hydrogen (secondary N) is 1. The van der Waals surface area contributed by atoms with Crippen molar-refractivity contribution in [1.29, 1.82) is 0 Å². The molecule has 0 spiro atoms. The third-order valence-electron chi connectivity index (χ3n) is 3.05. The van der Waals surface area contributed by atoms with Crippen molar-refractivity contribution in [3.05, 3.63) is 28.2 Å². The maximum absolute atomic E-state index is 3.68. The normalized spacial score (nSPS) is 11.6. The minimum absolute atomic E-state index is 0.569. The van der Waals surface area contributed by atoms with Gasteiger partial charge in [0.25, 0.3) is 0 Å². The molecular weight excluding hydrogens is 286 g/mol. The highest BCUT2D eigenvalue weighted by molar-refractivity contribution is 9.10. The zero-order valence-electron chi connectivity index (χ0n) is 12.3. The topological polar surface area (TPSA) is 12.0 Å². The van der Waals surface area contributed by atoms with Gasteiger partial charge in [0.2, 0.25) is 0 Å². The Kier molecular flexibility index (Phi) is 6.20. The summed E-state index contributed by atoms with van der Waals surface area (Å²) in [6.07, 6.45) is 2.45. The fraction of sp³-hybridized carbons (Fsp3) is 0.625. The lowest BCUT2D eigenvalue weighted by molar-refractivity contribution is 0.442. The molecule has 0 aliphatic carbocycles. The van der Waals surface area contributed by atoms with Crippen LogP contribution in [0.3, 0.4) is 0 Å². The number of rotatable bonds is 6. The monoisotopic (exact) mass is 311 g/mol. The molecule has 1 nitrogen and oxygen atoms in total. The third kappa shape index (κ3) is 5.43. The highest BCUT2D eigenvalue weighted by Crippen LogP contribution is 2.23. The second-order valence-electron chi connectivity index (χ2n) is 6.06. The molecule has 0 fully saturated rings. The molecule has 0 saturated heterocycles. The van der Waals surface area contributed by atoms with Crippen LogP contribution in [0.2, 0.25) is 0 Å². The van der Waals surface area contributed by atoms with Crippen molar-refractivity contribution in [1.82, 2.24) is 0 Å². The molecule has 0 aliphatic rings. The van der Waals surface area contributed by atoms with Gasteiger partial charge < -0.3 is 5.32 Å². The lowest BCUT2D eigenvalue weighted by Gasteiger charge is -2.23. The predicted octanol–water partition coefficient (Wildman–Crippen LogP) is 5.63. The van der Waals surface area contributed by atoms with Crippen LogP contribution in [0, 0.1) is 18.8 Å². The molecular formula is C16H26BrN. The zero-order valence-corrected chi connectivity index (χ0v) is 13.8. The number of hydrogen-bond donors (Lipinski definition) is 1. The van der Waals surface area contributed by atoms with E-state index in [2.05, 4.69) is 74.1 Å². The van der Waals surface area contributed by atoms with E-state index in [0.717, 1.165) is 11.8 Å². The van der Waals surface area contributed by atoms with Crippen LogP contribution in [-0.4, -0.2) is 6.04 Å². The summed E-state index contributed by atoms with van der Waals surface area (Å²) in [5.74, 6) is 1.46. The molecule has 2 heteroatoms. The molecule has 1 rings (SSSR count). The highest BCUT2D eigenvalue weighted by atomic mass is 79.9. The molecule has 18 heavy (non-hydrogen) atoms. The second-order valence-corrected chi connectivity index (χ2v) is 6.92. The summed E-state index contributed by atoms with van der Waals surface area (Å²) in [7, 11) is 0. The molecule has 0 radical (unpaired) electrons. The summed E-state index contributed by atoms with van der Waals surface area (Å²) in [5.41, 5.74) is 2.50. The van der Waals surface area contributed by atoms with E-state index in [4.69, 9.17) is 0 Å². The molecule has 1 aromatic rings.